The third kappa shape index (κ3) is 3.49. The predicted octanol–water partition coefficient (Wildman–Crippen LogP) is 2.62. The van der Waals surface area contributed by atoms with Crippen molar-refractivity contribution in [2.45, 2.75) is 50.0 Å². The summed E-state index contributed by atoms with van der Waals surface area (Å²) in [4.78, 5) is 12.1. The quantitative estimate of drug-likeness (QED) is 0.772. The molecular formula is C17H22O5S. The zero-order chi connectivity index (χ0) is 16.5. The Morgan fingerprint density at radius 1 is 1.30 bits per heavy atom. The van der Waals surface area contributed by atoms with Crippen LogP contribution >= 0.6 is 0 Å². The molecule has 1 spiro atoms. The fraction of sp³-hybridized carbons (Fsp3) is 0.588. The first-order valence-corrected chi connectivity index (χ1v) is 9.43. The number of carbonyl (C=O) groups is 1. The number of ether oxygens (including phenoxy) is 1. The highest BCUT2D eigenvalue weighted by Gasteiger charge is 2.48. The largest absolute Gasteiger partial charge is 0.377 e. The second-order valence-electron chi connectivity index (χ2n) is 6.57. The average Bonchev–Trinajstić information content (AvgIpc) is 3.07. The van der Waals surface area contributed by atoms with E-state index < -0.39 is 10.1 Å². The van der Waals surface area contributed by atoms with Crippen LogP contribution in [0.15, 0.2) is 29.2 Å². The maximum atomic E-state index is 12.1. The van der Waals surface area contributed by atoms with Gasteiger partial charge in [0.1, 0.15) is 5.78 Å². The van der Waals surface area contributed by atoms with Crippen molar-refractivity contribution in [1.29, 1.82) is 0 Å². The molecule has 2 fully saturated rings. The van der Waals surface area contributed by atoms with E-state index in [0.29, 0.717) is 31.7 Å². The molecule has 0 N–H and O–H groups in total. The lowest BCUT2D eigenvalue weighted by Gasteiger charge is -2.18. The van der Waals surface area contributed by atoms with E-state index in [-0.39, 0.29) is 23.0 Å². The summed E-state index contributed by atoms with van der Waals surface area (Å²) in [6, 6.07) is 6.57. The molecule has 0 aromatic heterocycles. The van der Waals surface area contributed by atoms with Gasteiger partial charge in [-0.05, 0) is 44.7 Å². The van der Waals surface area contributed by atoms with E-state index in [1.54, 1.807) is 24.3 Å². The minimum absolute atomic E-state index is 0.0746. The predicted molar refractivity (Wildman–Crippen MR) is 84.6 cm³/mol. The lowest BCUT2D eigenvalue weighted by atomic mass is 9.82. The van der Waals surface area contributed by atoms with Crippen LogP contribution in [0.5, 0.6) is 0 Å². The van der Waals surface area contributed by atoms with Crippen molar-refractivity contribution in [2.24, 2.45) is 5.41 Å². The van der Waals surface area contributed by atoms with E-state index in [1.807, 2.05) is 6.92 Å². The molecule has 0 amide bonds. The lowest BCUT2D eigenvalue weighted by molar-refractivity contribution is -0.125. The van der Waals surface area contributed by atoms with Crippen molar-refractivity contribution in [1.82, 2.24) is 0 Å². The second-order valence-corrected chi connectivity index (χ2v) is 8.19. The van der Waals surface area contributed by atoms with Gasteiger partial charge in [-0.15, -0.1) is 0 Å². The Labute approximate surface area is 137 Å². The van der Waals surface area contributed by atoms with Crippen molar-refractivity contribution >= 4 is 15.9 Å². The smallest absolute Gasteiger partial charge is 0.296 e. The minimum atomic E-state index is -3.73. The zero-order valence-corrected chi connectivity index (χ0v) is 14.1. The van der Waals surface area contributed by atoms with Crippen LogP contribution in [0.25, 0.3) is 0 Å². The number of rotatable bonds is 5. The molecular weight excluding hydrogens is 316 g/mol. The first-order valence-electron chi connectivity index (χ1n) is 8.02. The van der Waals surface area contributed by atoms with Crippen molar-refractivity contribution in [3.63, 3.8) is 0 Å². The molecule has 6 heteroatoms. The van der Waals surface area contributed by atoms with Crippen LogP contribution in [0.3, 0.4) is 0 Å². The molecule has 1 aromatic rings. The van der Waals surface area contributed by atoms with Gasteiger partial charge in [0.25, 0.3) is 10.1 Å². The molecule has 23 heavy (non-hydrogen) atoms. The number of ketones is 1. The molecule has 2 atom stereocenters. The number of carbonyl (C=O) groups excluding carboxylic acids is 1. The molecule has 1 saturated carbocycles. The molecule has 0 bridgehead atoms. The minimum Gasteiger partial charge on any atom is -0.377 e. The van der Waals surface area contributed by atoms with Gasteiger partial charge in [-0.1, -0.05) is 17.7 Å². The summed E-state index contributed by atoms with van der Waals surface area (Å²) < 4.78 is 35.0. The van der Waals surface area contributed by atoms with Crippen LogP contribution in [0.4, 0.5) is 0 Å². The van der Waals surface area contributed by atoms with Gasteiger partial charge < -0.3 is 4.74 Å². The molecule has 2 unspecified atom stereocenters. The van der Waals surface area contributed by atoms with Gasteiger partial charge in [-0.2, -0.15) is 8.42 Å². The third-order valence-electron chi connectivity index (χ3n) is 4.85. The highest BCUT2D eigenvalue weighted by molar-refractivity contribution is 7.86. The van der Waals surface area contributed by atoms with E-state index in [0.717, 1.165) is 18.4 Å². The van der Waals surface area contributed by atoms with Crippen LogP contribution in [0.1, 0.15) is 37.7 Å². The summed E-state index contributed by atoms with van der Waals surface area (Å²) >= 11 is 0. The number of hydrogen-bond acceptors (Lipinski definition) is 5. The summed E-state index contributed by atoms with van der Waals surface area (Å²) in [6.07, 6.45) is 3.57. The standard InChI is InChI=1S/C17H22O5S/c1-13-4-6-15(7-5-13)23(19,20)22-10-8-14-11-17(12-21-14)9-2-3-16(17)18/h4-7,14H,2-3,8-12H2,1H3. The molecule has 3 rings (SSSR count). The first kappa shape index (κ1) is 16.6. The molecule has 1 saturated heterocycles. The molecule has 2 aliphatic rings. The number of benzene rings is 1. The number of Topliss-reactive ketones (excluding diaryl/α,β-unsaturated/α-hetero) is 1. The highest BCUT2D eigenvalue weighted by atomic mass is 32.2. The van der Waals surface area contributed by atoms with Crippen LogP contribution < -0.4 is 0 Å². The molecule has 126 valence electrons. The Balaban J connectivity index is 1.52. The van der Waals surface area contributed by atoms with E-state index in [4.69, 9.17) is 8.92 Å². The zero-order valence-electron chi connectivity index (χ0n) is 13.3. The molecule has 1 heterocycles. The summed E-state index contributed by atoms with van der Waals surface area (Å²) in [5.74, 6) is 0.299. The maximum Gasteiger partial charge on any atom is 0.296 e. The Morgan fingerprint density at radius 2 is 2.04 bits per heavy atom. The summed E-state index contributed by atoms with van der Waals surface area (Å²) in [7, 11) is -3.73. The van der Waals surface area contributed by atoms with Crippen LogP contribution in [0, 0.1) is 12.3 Å². The molecule has 1 aliphatic carbocycles. The van der Waals surface area contributed by atoms with Crippen molar-refractivity contribution in [3.05, 3.63) is 29.8 Å². The molecule has 1 aromatic carbocycles. The van der Waals surface area contributed by atoms with Crippen LogP contribution in [-0.4, -0.2) is 33.5 Å². The Kier molecular flexibility index (Phi) is 4.58. The summed E-state index contributed by atoms with van der Waals surface area (Å²) in [5, 5.41) is 0. The highest BCUT2D eigenvalue weighted by Crippen LogP contribution is 2.44. The van der Waals surface area contributed by atoms with E-state index >= 15 is 0 Å². The average molecular weight is 338 g/mol. The summed E-state index contributed by atoms with van der Waals surface area (Å²) in [6.45, 7) is 2.45. The number of hydrogen-bond donors (Lipinski definition) is 0. The van der Waals surface area contributed by atoms with E-state index in [1.165, 1.54) is 0 Å². The SMILES string of the molecule is Cc1ccc(S(=O)(=O)OCCC2CC3(CCCC3=O)CO2)cc1. The molecule has 0 radical (unpaired) electrons. The maximum absolute atomic E-state index is 12.1. The topological polar surface area (TPSA) is 69.7 Å². The van der Waals surface area contributed by atoms with Gasteiger partial charge in [0.2, 0.25) is 0 Å². The van der Waals surface area contributed by atoms with Gasteiger partial charge in [0, 0.05) is 6.42 Å². The Hall–Kier alpha value is -1.24. The van der Waals surface area contributed by atoms with E-state index in [2.05, 4.69) is 0 Å². The van der Waals surface area contributed by atoms with Crippen LogP contribution in [-0.2, 0) is 23.8 Å². The van der Waals surface area contributed by atoms with E-state index in [9.17, 15) is 13.2 Å². The fourth-order valence-electron chi connectivity index (χ4n) is 3.44. The van der Waals surface area contributed by atoms with Crippen LogP contribution in [0.2, 0.25) is 0 Å². The van der Waals surface area contributed by atoms with Gasteiger partial charge in [-0.25, -0.2) is 0 Å². The third-order valence-corrected chi connectivity index (χ3v) is 6.18. The second kappa shape index (κ2) is 6.34. The first-order chi connectivity index (χ1) is 10.9. The fourth-order valence-corrected chi connectivity index (χ4v) is 4.36. The van der Waals surface area contributed by atoms with Gasteiger partial charge in [-0.3, -0.25) is 8.98 Å². The normalized spacial score (nSPS) is 27.9. The number of aryl methyl sites for hydroxylation is 1. The monoisotopic (exact) mass is 338 g/mol. The van der Waals surface area contributed by atoms with Crippen molar-refractivity contribution in [2.75, 3.05) is 13.2 Å². The Bertz CT molecular complexity index is 679. The molecule has 1 aliphatic heterocycles. The Morgan fingerprint density at radius 3 is 2.70 bits per heavy atom. The van der Waals surface area contributed by atoms with Gasteiger partial charge >= 0.3 is 0 Å². The lowest BCUT2D eigenvalue weighted by Crippen LogP contribution is -2.26. The van der Waals surface area contributed by atoms with Crippen molar-refractivity contribution < 1.29 is 22.1 Å². The summed E-state index contributed by atoms with van der Waals surface area (Å²) in [5.41, 5.74) is 0.690. The molecule has 5 nitrogen and oxygen atoms in total. The van der Waals surface area contributed by atoms with Gasteiger partial charge in [0.15, 0.2) is 0 Å². The van der Waals surface area contributed by atoms with Gasteiger partial charge in [0.05, 0.1) is 29.6 Å². The van der Waals surface area contributed by atoms with Crippen molar-refractivity contribution in [3.8, 4) is 0 Å².